The molecule has 0 fully saturated rings. The van der Waals surface area contributed by atoms with Gasteiger partial charge in [-0.25, -0.2) is 0 Å². The Hall–Kier alpha value is -2.69. The van der Waals surface area contributed by atoms with Gasteiger partial charge in [-0.15, -0.1) is 0 Å². The molecule has 0 atom stereocenters. The van der Waals surface area contributed by atoms with Crippen LogP contribution in [0, 0.1) is 0 Å². The van der Waals surface area contributed by atoms with Gasteiger partial charge in [-0.2, -0.15) is 0 Å². The van der Waals surface area contributed by atoms with E-state index in [1.807, 2.05) is 48.5 Å². The normalized spacial score (nSPS) is 10.0. The Morgan fingerprint density at radius 2 is 1.82 bits per heavy atom. The van der Waals surface area contributed by atoms with E-state index in [1.54, 1.807) is 6.20 Å². The van der Waals surface area contributed by atoms with E-state index in [0.717, 1.165) is 11.3 Å². The zero-order chi connectivity index (χ0) is 15.8. The van der Waals surface area contributed by atoms with Crippen LogP contribution in [0.25, 0.3) is 0 Å². The minimum atomic E-state index is -0.185. The molecule has 5 heteroatoms. The van der Waals surface area contributed by atoms with Crippen LogP contribution in [0.4, 0.5) is 0 Å². The summed E-state index contributed by atoms with van der Waals surface area (Å²) in [7, 11) is 0. The lowest BCUT2D eigenvalue weighted by Gasteiger charge is -2.20. The molecule has 1 aromatic carbocycles. The Balaban J connectivity index is 1.88. The summed E-state index contributed by atoms with van der Waals surface area (Å²) in [4.78, 5) is 29.3. The number of nitrogens with zero attached hydrogens (tertiary/aromatic N) is 2. The first-order chi connectivity index (χ1) is 10.6. The number of rotatable bonds is 6. The number of pyridine rings is 1. The highest BCUT2D eigenvalue weighted by molar-refractivity contribution is 5.83. The quantitative estimate of drug-likeness (QED) is 0.883. The topological polar surface area (TPSA) is 62.3 Å². The molecule has 0 saturated heterocycles. The van der Waals surface area contributed by atoms with Crippen LogP contribution in [0.15, 0.2) is 54.7 Å². The van der Waals surface area contributed by atoms with E-state index in [4.69, 9.17) is 0 Å². The Labute approximate surface area is 130 Å². The van der Waals surface area contributed by atoms with Gasteiger partial charge in [0.2, 0.25) is 11.8 Å². The summed E-state index contributed by atoms with van der Waals surface area (Å²) in [6, 6.07) is 15.2. The minimum absolute atomic E-state index is 0.0265. The third kappa shape index (κ3) is 5.01. The Morgan fingerprint density at radius 3 is 2.45 bits per heavy atom. The Bertz CT molecular complexity index is 614. The average molecular weight is 297 g/mol. The molecule has 0 aliphatic rings. The SMILES string of the molecule is CC(=O)N(CC(=O)NCc1ccccc1)Cc1ccccn1. The van der Waals surface area contributed by atoms with Gasteiger partial charge in [0.1, 0.15) is 0 Å². The molecular weight excluding hydrogens is 278 g/mol. The van der Waals surface area contributed by atoms with Crippen molar-refractivity contribution in [2.24, 2.45) is 0 Å². The van der Waals surface area contributed by atoms with Gasteiger partial charge in [-0.1, -0.05) is 36.4 Å². The van der Waals surface area contributed by atoms with E-state index in [0.29, 0.717) is 13.1 Å². The minimum Gasteiger partial charge on any atom is -0.350 e. The van der Waals surface area contributed by atoms with Crippen molar-refractivity contribution in [1.82, 2.24) is 15.2 Å². The highest BCUT2D eigenvalue weighted by Crippen LogP contribution is 2.02. The molecule has 0 radical (unpaired) electrons. The third-order valence-corrected chi connectivity index (χ3v) is 3.19. The number of hydrogen-bond donors (Lipinski definition) is 1. The first kappa shape index (κ1) is 15.7. The van der Waals surface area contributed by atoms with Crippen LogP contribution in [-0.4, -0.2) is 28.2 Å². The van der Waals surface area contributed by atoms with Gasteiger partial charge in [0, 0.05) is 19.7 Å². The predicted octanol–water partition coefficient (Wildman–Crippen LogP) is 1.75. The lowest BCUT2D eigenvalue weighted by molar-refractivity contribution is -0.135. The molecule has 5 nitrogen and oxygen atoms in total. The standard InChI is InChI=1S/C17H19N3O2/c1-14(21)20(12-16-9-5-6-10-18-16)13-17(22)19-11-15-7-3-2-4-8-15/h2-10H,11-13H2,1H3,(H,19,22). The molecular formula is C17H19N3O2. The molecule has 2 aromatic rings. The first-order valence-corrected chi connectivity index (χ1v) is 7.11. The molecule has 2 rings (SSSR count). The molecule has 114 valence electrons. The third-order valence-electron chi connectivity index (χ3n) is 3.19. The lowest BCUT2D eigenvalue weighted by atomic mass is 10.2. The highest BCUT2D eigenvalue weighted by Gasteiger charge is 2.14. The molecule has 0 unspecified atom stereocenters. The number of hydrogen-bond acceptors (Lipinski definition) is 3. The number of nitrogens with one attached hydrogen (secondary N) is 1. The molecule has 1 aromatic heterocycles. The van der Waals surface area contributed by atoms with Gasteiger partial charge in [0.05, 0.1) is 18.8 Å². The van der Waals surface area contributed by atoms with Crippen LogP contribution in [0.3, 0.4) is 0 Å². The molecule has 22 heavy (non-hydrogen) atoms. The maximum atomic E-state index is 12.0. The molecule has 0 aliphatic heterocycles. The van der Waals surface area contributed by atoms with Crippen LogP contribution >= 0.6 is 0 Å². The summed E-state index contributed by atoms with van der Waals surface area (Å²) < 4.78 is 0. The second-order valence-electron chi connectivity index (χ2n) is 4.96. The zero-order valence-electron chi connectivity index (χ0n) is 12.5. The summed E-state index contributed by atoms with van der Waals surface area (Å²) in [5, 5.41) is 2.82. The molecule has 0 aliphatic carbocycles. The second kappa shape index (κ2) is 7.93. The molecule has 0 spiro atoms. The predicted molar refractivity (Wildman–Crippen MR) is 83.6 cm³/mol. The fraction of sp³-hybridized carbons (Fsp3) is 0.235. The summed E-state index contributed by atoms with van der Waals surface area (Å²) in [6.07, 6.45) is 1.67. The highest BCUT2D eigenvalue weighted by atomic mass is 16.2. The summed E-state index contributed by atoms with van der Waals surface area (Å²) in [6.45, 7) is 2.26. The number of carbonyl (C=O) groups excluding carboxylic acids is 2. The molecule has 1 N–H and O–H groups in total. The summed E-state index contributed by atoms with van der Waals surface area (Å²) in [5.41, 5.74) is 1.78. The number of benzene rings is 1. The number of amides is 2. The zero-order valence-corrected chi connectivity index (χ0v) is 12.5. The smallest absolute Gasteiger partial charge is 0.239 e. The van der Waals surface area contributed by atoms with Crippen molar-refractivity contribution >= 4 is 11.8 Å². The monoisotopic (exact) mass is 297 g/mol. The van der Waals surface area contributed by atoms with Crippen LogP contribution < -0.4 is 5.32 Å². The van der Waals surface area contributed by atoms with Crippen LogP contribution in [-0.2, 0) is 22.7 Å². The fourth-order valence-corrected chi connectivity index (χ4v) is 1.99. The maximum absolute atomic E-state index is 12.0. The van der Waals surface area contributed by atoms with Crippen molar-refractivity contribution in [2.45, 2.75) is 20.0 Å². The van der Waals surface area contributed by atoms with E-state index < -0.39 is 0 Å². The molecule has 1 heterocycles. The number of carbonyl (C=O) groups is 2. The summed E-state index contributed by atoms with van der Waals surface area (Å²) in [5.74, 6) is -0.338. The molecule has 0 saturated carbocycles. The van der Waals surface area contributed by atoms with Gasteiger partial charge in [0.15, 0.2) is 0 Å². The Kier molecular flexibility index (Phi) is 5.65. The largest absolute Gasteiger partial charge is 0.350 e. The number of aromatic nitrogens is 1. The van der Waals surface area contributed by atoms with Crippen molar-refractivity contribution in [1.29, 1.82) is 0 Å². The molecule has 0 bridgehead atoms. The van der Waals surface area contributed by atoms with Gasteiger partial charge in [-0.3, -0.25) is 14.6 Å². The van der Waals surface area contributed by atoms with E-state index in [9.17, 15) is 9.59 Å². The molecule has 2 amide bonds. The van der Waals surface area contributed by atoms with Gasteiger partial charge < -0.3 is 10.2 Å². The average Bonchev–Trinajstić information content (AvgIpc) is 2.54. The fourth-order valence-electron chi connectivity index (χ4n) is 1.99. The summed E-state index contributed by atoms with van der Waals surface area (Å²) >= 11 is 0. The van der Waals surface area contributed by atoms with Gasteiger partial charge in [0.25, 0.3) is 0 Å². The van der Waals surface area contributed by atoms with Crippen molar-refractivity contribution in [3.63, 3.8) is 0 Å². The van der Waals surface area contributed by atoms with Crippen molar-refractivity contribution in [3.8, 4) is 0 Å². The van der Waals surface area contributed by atoms with Crippen LogP contribution in [0.1, 0.15) is 18.2 Å². The van der Waals surface area contributed by atoms with Crippen LogP contribution in [0.2, 0.25) is 0 Å². The van der Waals surface area contributed by atoms with E-state index in [-0.39, 0.29) is 18.4 Å². The van der Waals surface area contributed by atoms with E-state index in [1.165, 1.54) is 11.8 Å². The second-order valence-corrected chi connectivity index (χ2v) is 4.96. The maximum Gasteiger partial charge on any atom is 0.239 e. The van der Waals surface area contributed by atoms with Gasteiger partial charge in [-0.05, 0) is 17.7 Å². The lowest BCUT2D eigenvalue weighted by Crippen LogP contribution is -2.39. The van der Waals surface area contributed by atoms with Crippen molar-refractivity contribution < 1.29 is 9.59 Å². The van der Waals surface area contributed by atoms with Crippen LogP contribution in [0.5, 0.6) is 0 Å². The van der Waals surface area contributed by atoms with Gasteiger partial charge >= 0.3 is 0 Å². The van der Waals surface area contributed by atoms with E-state index in [2.05, 4.69) is 10.3 Å². The first-order valence-electron chi connectivity index (χ1n) is 7.11. The van der Waals surface area contributed by atoms with Crippen molar-refractivity contribution in [2.75, 3.05) is 6.54 Å². The Morgan fingerprint density at radius 1 is 1.09 bits per heavy atom. The van der Waals surface area contributed by atoms with E-state index >= 15 is 0 Å². The van der Waals surface area contributed by atoms with Crippen molar-refractivity contribution in [3.05, 3.63) is 66.0 Å².